The van der Waals surface area contributed by atoms with Gasteiger partial charge >= 0.3 is 5.69 Å². The Morgan fingerprint density at radius 2 is 2.17 bits per heavy atom. The van der Waals surface area contributed by atoms with Crippen LogP contribution in [0.4, 0.5) is 17.3 Å². The maximum absolute atomic E-state index is 10.6. The number of hydrogen-bond donors (Lipinski definition) is 2. The van der Waals surface area contributed by atoms with Crippen molar-refractivity contribution in [3.05, 3.63) is 22.2 Å². The van der Waals surface area contributed by atoms with Crippen molar-refractivity contribution >= 4 is 17.3 Å². The fourth-order valence-corrected chi connectivity index (χ4v) is 2.44. The number of nitrogens with two attached hydrogens (primary N) is 1. The smallest absolute Gasteiger partial charge is 0.311 e. The van der Waals surface area contributed by atoms with Gasteiger partial charge in [-0.3, -0.25) is 10.1 Å². The van der Waals surface area contributed by atoms with Crippen LogP contribution in [0, 0.1) is 16.0 Å². The standard InChI is InChI=1S/C11H14N4O3/c12-10-8(15(17)18)3-4-9(13-10)14-5-11(16,6-14)7-1-2-7/h3-4,7,16H,1-2,5-6H2,(H2,12,13). The molecule has 2 aliphatic rings. The molecule has 7 nitrogen and oxygen atoms in total. The summed E-state index contributed by atoms with van der Waals surface area (Å²) in [6.07, 6.45) is 2.17. The molecule has 0 bridgehead atoms. The lowest BCUT2D eigenvalue weighted by atomic mass is 9.89. The normalized spacial score (nSPS) is 21.5. The van der Waals surface area contributed by atoms with Gasteiger partial charge in [-0.15, -0.1) is 0 Å². The molecular weight excluding hydrogens is 236 g/mol. The number of anilines is 2. The van der Waals surface area contributed by atoms with Gasteiger partial charge in [0.25, 0.3) is 0 Å². The number of β-amino-alcohol motifs (C(OH)–C–C–N with tert-alkyl or cyclic N) is 1. The summed E-state index contributed by atoms with van der Waals surface area (Å²) in [4.78, 5) is 16.0. The molecule has 1 aliphatic carbocycles. The van der Waals surface area contributed by atoms with Gasteiger partial charge in [0.05, 0.1) is 18.0 Å². The Kier molecular flexibility index (Phi) is 2.21. The SMILES string of the molecule is Nc1nc(N2CC(O)(C3CC3)C2)ccc1[N+](=O)[O-]. The van der Waals surface area contributed by atoms with Crippen molar-refractivity contribution in [2.24, 2.45) is 5.92 Å². The first-order chi connectivity index (χ1) is 8.49. The van der Waals surface area contributed by atoms with Crippen LogP contribution in [-0.4, -0.2) is 33.7 Å². The number of aliphatic hydroxyl groups is 1. The fraction of sp³-hybridized carbons (Fsp3) is 0.545. The van der Waals surface area contributed by atoms with E-state index in [9.17, 15) is 15.2 Å². The summed E-state index contributed by atoms with van der Waals surface area (Å²) in [5, 5.41) is 20.8. The Balaban J connectivity index is 1.75. The van der Waals surface area contributed by atoms with E-state index in [4.69, 9.17) is 5.73 Å². The van der Waals surface area contributed by atoms with Gasteiger partial charge in [0.1, 0.15) is 11.4 Å². The van der Waals surface area contributed by atoms with Gasteiger partial charge in [0.15, 0.2) is 0 Å². The molecule has 3 rings (SSSR count). The van der Waals surface area contributed by atoms with Crippen molar-refractivity contribution in [3.8, 4) is 0 Å². The topological polar surface area (TPSA) is 106 Å². The second kappa shape index (κ2) is 3.55. The second-order valence-electron chi connectivity index (χ2n) is 5.06. The molecule has 1 saturated carbocycles. The Bertz CT molecular complexity index is 509. The summed E-state index contributed by atoms with van der Waals surface area (Å²) < 4.78 is 0. The Hall–Kier alpha value is -1.89. The zero-order valence-electron chi connectivity index (χ0n) is 9.74. The third kappa shape index (κ3) is 1.67. The highest BCUT2D eigenvalue weighted by atomic mass is 16.6. The number of nitrogens with zero attached hydrogens (tertiary/aromatic N) is 3. The summed E-state index contributed by atoms with van der Waals surface area (Å²) >= 11 is 0. The van der Waals surface area contributed by atoms with Crippen LogP contribution in [0.15, 0.2) is 12.1 Å². The third-order valence-electron chi connectivity index (χ3n) is 3.67. The highest BCUT2D eigenvalue weighted by molar-refractivity contribution is 5.59. The lowest BCUT2D eigenvalue weighted by Crippen LogP contribution is -2.63. The van der Waals surface area contributed by atoms with Gasteiger partial charge < -0.3 is 15.7 Å². The number of rotatable bonds is 3. The zero-order chi connectivity index (χ0) is 12.9. The Labute approximate surface area is 103 Å². The minimum absolute atomic E-state index is 0.0839. The van der Waals surface area contributed by atoms with Gasteiger partial charge in [-0.1, -0.05) is 0 Å². The lowest BCUT2D eigenvalue weighted by Gasteiger charge is -2.47. The van der Waals surface area contributed by atoms with E-state index in [1.54, 1.807) is 6.07 Å². The average molecular weight is 250 g/mol. The highest BCUT2D eigenvalue weighted by Crippen LogP contribution is 2.45. The van der Waals surface area contributed by atoms with Crippen LogP contribution in [-0.2, 0) is 0 Å². The first-order valence-corrected chi connectivity index (χ1v) is 5.88. The second-order valence-corrected chi connectivity index (χ2v) is 5.06. The van der Waals surface area contributed by atoms with E-state index in [-0.39, 0.29) is 11.5 Å². The molecule has 0 atom stereocenters. The van der Waals surface area contributed by atoms with Crippen LogP contribution in [0.25, 0.3) is 0 Å². The molecule has 1 aromatic heterocycles. The summed E-state index contributed by atoms with van der Waals surface area (Å²) in [7, 11) is 0. The molecule has 96 valence electrons. The highest BCUT2D eigenvalue weighted by Gasteiger charge is 2.52. The summed E-state index contributed by atoms with van der Waals surface area (Å²) in [5.74, 6) is 0.909. The minimum atomic E-state index is -0.599. The monoisotopic (exact) mass is 250 g/mol. The molecule has 2 fully saturated rings. The van der Waals surface area contributed by atoms with Crippen LogP contribution in [0.5, 0.6) is 0 Å². The summed E-state index contributed by atoms with van der Waals surface area (Å²) in [6, 6.07) is 2.92. The number of aromatic nitrogens is 1. The number of nitro groups is 1. The van der Waals surface area contributed by atoms with Gasteiger partial charge in [0, 0.05) is 6.07 Å². The molecule has 2 heterocycles. The number of nitrogen functional groups attached to an aromatic ring is 1. The predicted molar refractivity (Wildman–Crippen MR) is 65.2 cm³/mol. The maximum atomic E-state index is 10.6. The van der Waals surface area contributed by atoms with Crippen LogP contribution in [0.3, 0.4) is 0 Å². The minimum Gasteiger partial charge on any atom is -0.386 e. The van der Waals surface area contributed by atoms with Gasteiger partial charge in [-0.2, -0.15) is 0 Å². The number of pyridine rings is 1. The Morgan fingerprint density at radius 1 is 1.50 bits per heavy atom. The van der Waals surface area contributed by atoms with Crippen LogP contribution < -0.4 is 10.6 Å². The van der Waals surface area contributed by atoms with Crippen molar-refractivity contribution in [3.63, 3.8) is 0 Å². The molecule has 0 amide bonds. The maximum Gasteiger partial charge on any atom is 0.311 e. The van der Waals surface area contributed by atoms with Crippen molar-refractivity contribution in [1.29, 1.82) is 0 Å². The Morgan fingerprint density at radius 3 is 2.67 bits per heavy atom. The lowest BCUT2D eigenvalue weighted by molar-refractivity contribution is -0.384. The summed E-state index contributed by atoms with van der Waals surface area (Å²) in [5.41, 5.74) is 4.75. The molecule has 0 aromatic carbocycles. The van der Waals surface area contributed by atoms with E-state index in [0.717, 1.165) is 12.8 Å². The molecule has 18 heavy (non-hydrogen) atoms. The van der Waals surface area contributed by atoms with E-state index in [1.807, 2.05) is 4.90 Å². The van der Waals surface area contributed by atoms with Crippen molar-refractivity contribution in [2.45, 2.75) is 18.4 Å². The van der Waals surface area contributed by atoms with Crippen molar-refractivity contribution in [2.75, 3.05) is 23.7 Å². The fourth-order valence-electron chi connectivity index (χ4n) is 2.44. The average Bonchev–Trinajstić information content (AvgIpc) is 3.08. The molecule has 0 unspecified atom stereocenters. The first kappa shape index (κ1) is 11.2. The van der Waals surface area contributed by atoms with Gasteiger partial charge in [-0.25, -0.2) is 4.98 Å². The first-order valence-electron chi connectivity index (χ1n) is 5.88. The third-order valence-corrected chi connectivity index (χ3v) is 3.67. The molecule has 7 heteroatoms. The van der Waals surface area contributed by atoms with E-state index in [2.05, 4.69) is 4.98 Å². The molecule has 1 aliphatic heterocycles. The van der Waals surface area contributed by atoms with Crippen molar-refractivity contribution in [1.82, 2.24) is 4.98 Å². The quantitative estimate of drug-likeness (QED) is 0.599. The predicted octanol–water partition coefficient (Wildman–Crippen LogP) is 0.533. The van der Waals surface area contributed by atoms with Gasteiger partial charge in [-0.05, 0) is 24.8 Å². The number of hydrogen-bond acceptors (Lipinski definition) is 6. The molecule has 3 N–H and O–H groups in total. The molecule has 1 saturated heterocycles. The van der Waals surface area contributed by atoms with Crippen LogP contribution in [0.1, 0.15) is 12.8 Å². The van der Waals surface area contributed by atoms with E-state index in [1.165, 1.54) is 6.07 Å². The van der Waals surface area contributed by atoms with E-state index >= 15 is 0 Å². The zero-order valence-corrected chi connectivity index (χ0v) is 9.74. The van der Waals surface area contributed by atoms with E-state index < -0.39 is 10.5 Å². The van der Waals surface area contributed by atoms with Crippen molar-refractivity contribution < 1.29 is 10.0 Å². The molecule has 1 aromatic rings. The van der Waals surface area contributed by atoms with Crippen LogP contribution >= 0.6 is 0 Å². The van der Waals surface area contributed by atoms with Crippen LogP contribution in [0.2, 0.25) is 0 Å². The van der Waals surface area contributed by atoms with Gasteiger partial charge in [0.2, 0.25) is 5.82 Å². The molecule has 0 radical (unpaired) electrons. The molecular formula is C11H14N4O3. The molecule has 0 spiro atoms. The van der Waals surface area contributed by atoms with E-state index in [0.29, 0.717) is 24.8 Å². The summed E-state index contributed by atoms with van der Waals surface area (Å²) in [6.45, 7) is 1.06. The largest absolute Gasteiger partial charge is 0.386 e.